The van der Waals surface area contributed by atoms with Crippen LogP contribution in [0.2, 0.25) is 0 Å². The minimum atomic E-state index is -3.96. The maximum absolute atomic E-state index is 13.2. The van der Waals surface area contributed by atoms with Crippen LogP contribution in [-0.2, 0) is 26.7 Å². The number of methoxy groups -OCH3 is 1. The molecular formula is C26H31N5O5S2. The number of rotatable bonds is 9. The highest BCUT2D eigenvalue weighted by atomic mass is 32.2. The molecule has 2 heterocycles. The van der Waals surface area contributed by atoms with Gasteiger partial charge >= 0.3 is 5.97 Å². The third-order valence-corrected chi connectivity index (χ3v) is 9.55. The predicted molar refractivity (Wildman–Crippen MR) is 143 cm³/mol. The first kappa shape index (κ1) is 29.3. The lowest BCUT2D eigenvalue weighted by Gasteiger charge is -2.42. The Balaban J connectivity index is 1.91. The minimum Gasteiger partial charge on any atom is -0.465 e. The number of hydrogen-bond acceptors (Lipinski definition) is 9. The van der Waals surface area contributed by atoms with E-state index < -0.39 is 27.4 Å². The van der Waals surface area contributed by atoms with Crippen LogP contribution in [0.3, 0.4) is 0 Å². The summed E-state index contributed by atoms with van der Waals surface area (Å²) in [5, 5.41) is 24.5. The van der Waals surface area contributed by atoms with Gasteiger partial charge in [-0.25, -0.2) is 13.2 Å². The van der Waals surface area contributed by atoms with E-state index in [9.17, 15) is 18.0 Å². The molecule has 0 aliphatic carbocycles. The molecule has 0 atom stereocenters. The molecule has 12 heteroatoms. The molecule has 0 radical (unpaired) electrons. The van der Waals surface area contributed by atoms with E-state index in [1.54, 1.807) is 0 Å². The number of anilines is 1. The molecule has 1 aromatic heterocycles. The number of carbonyl (C=O) groups is 2. The lowest BCUT2D eigenvalue weighted by molar-refractivity contribution is 0.0600. The number of thiophene rings is 1. The van der Waals surface area contributed by atoms with Crippen molar-refractivity contribution < 1.29 is 22.7 Å². The second-order valence-corrected chi connectivity index (χ2v) is 13.1. The monoisotopic (exact) mass is 557 g/mol. The standard InChI is InChI=1S/C26H31N5O5S2/c1-25(2)16-19-20(24(33)36-5)23(37-21(19)26(3,4)30-25)29-22(32)17-8-10-18(11-9-17)38(34,35)31(14-6-12-27)15-7-13-28/h8-11,30H,6-7,14-16H2,1-5H3,(H,29,32). The highest BCUT2D eigenvalue weighted by Gasteiger charge is 2.42. The van der Waals surface area contributed by atoms with Gasteiger partial charge < -0.3 is 15.4 Å². The van der Waals surface area contributed by atoms with Crippen LogP contribution in [-0.4, -0.2) is 50.3 Å². The topological polar surface area (TPSA) is 152 Å². The van der Waals surface area contributed by atoms with Crippen molar-refractivity contribution in [2.45, 2.75) is 62.9 Å². The van der Waals surface area contributed by atoms with Crippen LogP contribution in [0.1, 0.15) is 71.7 Å². The molecule has 10 nitrogen and oxygen atoms in total. The van der Waals surface area contributed by atoms with Crippen molar-refractivity contribution in [2.24, 2.45) is 0 Å². The number of hydrogen-bond donors (Lipinski definition) is 2. The Morgan fingerprint density at radius 1 is 1.11 bits per heavy atom. The number of sulfonamides is 1. The third-order valence-electron chi connectivity index (χ3n) is 6.16. The average molecular weight is 558 g/mol. The summed E-state index contributed by atoms with van der Waals surface area (Å²) in [7, 11) is -2.66. The van der Waals surface area contributed by atoms with Crippen molar-refractivity contribution in [3.63, 3.8) is 0 Å². The molecule has 1 amide bonds. The van der Waals surface area contributed by atoms with E-state index >= 15 is 0 Å². The zero-order valence-electron chi connectivity index (χ0n) is 22.0. The maximum Gasteiger partial charge on any atom is 0.341 e. The minimum absolute atomic E-state index is 0.0119. The van der Waals surface area contributed by atoms with Crippen LogP contribution in [0.4, 0.5) is 5.00 Å². The summed E-state index contributed by atoms with van der Waals surface area (Å²) in [6, 6.07) is 9.21. The van der Waals surface area contributed by atoms with Gasteiger partial charge in [0.1, 0.15) is 5.00 Å². The first-order valence-corrected chi connectivity index (χ1v) is 14.2. The van der Waals surface area contributed by atoms with Crippen LogP contribution < -0.4 is 10.6 Å². The van der Waals surface area contributed by atoms with Gasteiger partial charge in [0.2, 0.25) is 10.0 Å². The Hall–Kier alpha value is -3.29. The fraction of sp³-hybridized carbons (Fsp3) is 0.462. The van der Waals surface area contributed by atoms with Crippen LogP contribution in [0.25, 0.3) is 0 Å². The van der Waals surface area contributed by atoms with E-state index in [1.165, 1.54) is 42.7 Å². The molecule has 0 spiro atoms. The van der Waals surface area contributed by atoms with E-state index in [2.05, 4.69) is 10.6 Å². The number of ether oxygens (including phenoxy) is 1. The van der Waals surface area contributed by atoms with Gasteiger partial charge in [0.05, 0.1) is 29.7 Å². The highest BCUT2D eigenvalue weighted by Crippen LogP contribution is 2.45. The molecule has 2 N–H and O–H groups in total. The summed E-state index contributed by atoms with van der Waals surface area (Å²) in [4.78, 5) is 26.8. The molecule has 3 rings (SSSR count). The predicted octanol–water partition coefficient (Wildman–Crippen LogP) is 3.76. The lowest BCUT2D eigenvalue weighted by atomic mass is 9.81. The van der Waals surface area contributed by atoms with E-state index in [0.717, 1.165) is 14.7 Å². The summed E-state index contributed by atoms with van der Waals surface area (Å²) in [5.74, 6) is -1.05. The molecule has 0 saturated carbocycles. The van der Waals surface area contributed by atoms with Crippen LogP contribution in [0.15, 0.2) is 29.2 Å². The lowest BCUT2D eigenvalue weighted by Crippen LogP contribution is -2.55. The van der Waals surface area contributed by atoms with Crippen LogP contribution in [0, 0.1) is 22.7 Å². The molecule has 38 heavy (non-hydrogen) atoms. The number of nitrogens with one attached hydrogen (secondary N) is 2. The third kappa shape index (κ3) is 6.05. The summed E-state index contributed by atoms with van der Waals surface area (Å²) < 4.78 is 32.2. The molecule has 0 saturated heterocycles. The molecule has 1 aromatic carbocycles. The second-order valence-electron chi connectivity index (χ2n) is 10.1. The molecule has 1 aliphatic rings. The van der Waals surface area contributed by atoms with Crippen molar-refractivity contribution in [3.8, 4) is 12.1 Å². The van der Waals surface area contributed by atoms with Gasteiger partial charge in [-0.15, -0.1) is 11.3 Å². The van der Waals surface area contributed by atoms with E-state index in [-0.39, 0.29) is 41.9 Å². The van der Waals surface area contributed by atoms with E-state index in [1.807, 2.05) is 39.8 Å². The first-order chi connectivity index (χ1) is 17.8. The van der Waals surface area contributed by atoms with Crippen molar-refractivity contribution >= 4 is 38.2 Å². The van der Waals surface area contributed by atoms with Gasteiger partial charge in [-0.3, -0.25) is 4.79 Å². The van der Waals surface area contributed by atoms with Crippen LogP contribution >= 0.6 is 11.3 Å². The van der Waals surface area contributed by atoms with E-state index in [4.69, 9.17) is 15.3 Å². The normalized spacial score (nSPS) is 15.7. The second kappa shape index (κ2) is 11.2. The van der Waals surface area contributed by atoms with Gasteiger partial charge in [0.15, 0.2) is 0 Å². The molecule has 0 bridgehead atoms. The number of carbonyl (C=O) groups excluding carboxylic acids is 2. The number of nitriles is 2. The maximum atomic E-state index is 13.2. The largest absolute Gasteiger partial charge is 0.465 e. The van der Waals surface area contributed by atoms with Gasteiger partial charge in [0, 0.05) is 47.4 Å². The summed E-state index contributed by atoms with van der Waals surface area (Å²) in [6.07, 6.45) is 0.549. The Bertz CT molecular complexity index is 1400. The van der Waals surface area contributed by atoms with Crippen LogP contribution in [0.5, 0.6) is 0 Å². The Morgan fingerprint density at radius 3 is 2.21 bits per heavy atom. The quantitative estimate of drug-likeness (QED) is 0.442. The summed E-state index contributed by atoms with van der Waals surface area (Å²) >= 11 is 1.31. The zero-order chi connectivity index (χ0) is 28.3. The Kier molecular flexibility index (Phi) is 8.64. The van der Waals surface area contributed by atoms with E-state index in [0.29, 0.717) is 17.0 Å². The smallest absolute Gasteiger partial charge is 0.341 e. The molecular weight excluding hydrogens is 526 g/mol. The van der Waals surface area contributed by atoms with Crippen molar-refractivity contribution in [3.05, 3.63) is 45.8 Å². The van der Waals surface area contributed by atoms with Gasteiger partial charge in [-0.1, -0.05) is 0 Å². The number of fused-ring (bicyclic) bond motifs is 1. The Labute approximate surface area is 227 Å². The summed E-state index contributed by atoms with van der Waals surface area (Å²) in [5.41, 5.74) is 0.643. The Morgan fingerprint density at radius 2 is 1.68 bits per heavy atom. The number of esters is 1. The highest BCUT2D eigenvalue weighted by molar-refractivity contribution is 7.89. The van der Waals surface area contributed by atoms with Gasteiger partial charge in [-0.05, 0) is 63.9 Å². The molecule has 0 fully saturated rings. The zero-order valence-corrected chi connectivity index (χ0v) is 23.7. The SMILES string of the molecule is COC(=O)c1c(NC(=O)c2ccc(S(=O)(=O)N(CCC#N)CCC#N)cc2)sc2c1CC(C)(C)NC2(C)C. The fourth-order valence-corrected chi connectivity index (χ4v) is 7.44. The van der Waals surface area contributed by atoms with Crippen molar-refractivity contribution in [1.82, 2.24) is 9.62 Å². The number of benzene rings is 1. The first-order valence-electron chi connectivity index (χ1n) is 12.0. The van der Waals surface area contributed by atoms with Crippen molar-refractivity contribution in [2.75, 3.05) is 25.5 Å². The summed E-state index contributed by atoms with van der Waals surface area (Å²) in [6.45, 7) is 8.06. The molecule has 202 valence electrons. The number of nitrogens with zero attached hydrogens (tertiary/aromatic N) is 3. The fourth-order valence-electron chi connectivity index (χ4n) is 4.74. The van der Waals surface area contributed by atoms with Gasteiger partial charge in [0.25, 0.3) is 5.91 Å². The average Bonchev–Trinajstić information content (AvgIpc) is 3.20. The van der Waals surface area contributed by atoms with Gasteiger partial charge in [-0.2, -0.15) is 14.8 Å². The van der Waals surface area contributed by atoms with Crippen molar-refractivity contribution in [1.29, 1.82) is 10.5 Å². The molecule has 2 aromatic rings. The molecule has 0 unspecified atom stereocenters. The number of amides is 1. The molecule has 1 aliphatic heterocycles.